The van der Waals surface area contributed by atoms with Crippen LogP contribution in [0.4, 0.5) is 5.69 Å². The average Bonchev–Trinajstić information content (AvgIpc) is 2.24. The molecule has 90 valence electrons. The van der Waals surface area contributed by atoms with Gasteiger partial charge in [0.2, 0.25) is 0 Å². The van der Waals surface area contributed by atoms with E-state index in [1.165, 1.54) is 0 Å². The Morgan fingerprint density at radius 3 is 2.59 bits per heavy atom. The van der Waals surface area contributed by atoms with Gasteiger partial charge >= 0.3 is 0 Å². The van der Waals surface area contributed by atoms with Crippen LogP contribution in [0.2, 0.25) is 0 Å². The fraction of sp³-hybridized carbons (Fsp3) is 0.357. The molecular formula is C14H17BrN2. The van der Waals surface area contributed by atoms with Crippen LogP contribution < -0.4 is 4.90 Å². The summed E-state index contributed by atoms with van der Waals surface area (Å²) in [5, 5.41) is 9.25. The molecule has 0 saturated heterocycles. The average molecular weight is 293 g/mol. The molecule has 0 aromatic heterocycles. The second-order valence-electron chi connectivity index (χ2n) is 4.82. The minimum atomic E-state index is -0.0550. The molecule has 2 nitrogen and oxygen atoms in total. The minimum Gasteiger partial charge on any atom is -0.362 e. The van der Waals surface area contributed by atoms with Crippen molar-refractivity contribution in [2.75, 3.05) is 11.4 Å². The van der Waals surface area contributed by atoms with Crippen molar-refractivity contribution in [3.8, 4) is 6.07 Å². The predicted octanol–water partition coefficient (Wildman–Crippen LogP) is 4.11. The third-order valence-corrected chi connectivity index (χ3v) is 3.18. The van der Waals surface area contributed by atoms with E-state index in [1.54, 1.807) is 0 Å². The summed E-state index contributed by atoms with van der Waals surface area (Å²) in [7, 11) is 0. The van der Waals surface area contributed by atoms with Crippen LogP contribution >= 0.6 is 15.9 Å². The summed E-state index contributed by atoms with van der Waals surface area (Å²) in [6.45, 7) is 10.9. The highest BCUT2D eigenvalue weighted by molar-refractivity contribution is 9.10. The smallest absolute Gasteiger partial charge is 0.103 e. The van der Waals surface area contributed by atoms with Crippen molar-refractivity contribution < 1.29 is 0 Å². The van der Waals surface area contributed by atoms with Crippen LogP contribution in [0.15, 0.2) is 35.3 Å². The fourth-order valence-electron chi connectivity index (χ4n) is 1.71. The zero-order valence-electron chi connectivity index (χ0n) is 10.5. The Kier molecular flexibility index (Phi) is 4.36. The van der Waals surface area contributed by atoms with Gasteiger partial charge in [0.25, 0.3) is 0 Å². The molecule has 1 aromatic carbocycles. The summed E-state index contributed by atoms with van der Waals surface area (Å²) < 4.78 is 0.829. The monoisotopic (exact) mass is 292 g/mol. The van der Waals surface area contributed by atoms with Gasteiger partial charge in [-0.15, -0.1) is 6.58 Å². The number of rotatable bonds is 3. The number of hydrogen-bond acceptors (Lipinski definition) is 2. The molecule has 0 heterocycles. The maximum Gasteiger partial charge on any atom is 0.103 e. The largest absolute Gasteiger partial charge is 0.362 e. The first-order valence-corrected chi connectivity index (χ1v) is 6.28. The molecule has 0 amide bonds. The maximum atomic E-state index is 9.25. The molecule has 17 heavy (non-hydrogen) atoms. The summed E-state index contributed by atoms with van der Waals surface area (Å²) in [5.41, 5.74) is 1.55. The van der Waals surface area contributed by atoms with E-state index >= 15 is 0 Å². The Bertz CT molecular complexity index is 452. The molecule has 0 spiro atoms. The summed E-state index contributed by atoms with van der Waals surface area (Å²) in [6.07, 6.45) is 1.85. The van der Waals surface area contributed by atoms with Gasteiger partial charge in [0.05, 0.1) is 11.3 Å². The van der Waals surface area contributed by atoms with Crippen molar-refractivity contribution in [1.29, 1.82) is 5.26 Å². The molecule has 0 aliphatic heterocycles. The van der Waals surface area contributed by atoms with E-state index in [-0.39, 0.29) is 5.54 Å². The van der Waals surface area contributed by atoms with Gasteiger partial charge in [-0.2, -0.15) is 5.26 Å². The summed E-state index contributed by atoms with van der Waals surface area (Å²) in [4.78, 5) is 2.17. The van der Waals surface area contributed by atoms with Crippen LogP contribution in [0.1, 0.15) is 26.3 Å². The summed E-state index contributed by atoms with van der Waals surface area (Å²) in [5.74, 6) is 0. The van der Waals surface area contributed by atoms with Crippen LogP contribution in [0, 0.1) is 11.3 Å². The quantitative estimate of drug-likeness (QED) is 0.784. The maximum absolute atomic E-state index is 9.25. The number of nitriles is 1. The zero-order valence-corrected chi connectivity index (χ0v) is 12.1. The van der Waals surface area contributed by atoms with Gasteiger partial charge in [-0.1, -0.05) is 12.1 Å². The SMILES string of the molecule is C=CCN(c1cccc(Br)c1C#N)C(C)(C)C. The first kappa shape index (κ1) is 13.8. The van der Waals surface area contributed by atoms with Crippen molar-refractivity contribution in [3.63, 3.8) is 0 Å². The summed E-state index contributed by atoms with van der Waals surface area (Å²) in [6, 6.07) is 8.05. The Hall–Kier alpha value is -1.27. The van der Waals surface area contributed by atoms with Gasteiger partial charge in [0.15, 0.2) is 0 Å². The van der Waals surface area contributed by atoms with Crippen molar-refractivity contribution in [3.05, 3.63) is 40.9 Å². The van der Waals surface area contributed by atoms with E-state index in [1.807, 2.05) is 24.3 Å². The molecule has 0 N–H and O–H groups in total. The summed E-state index contributed by atoms with van der Waals surface area (Å²) >= 11 is 3.42. The topological polar surface area (TPSA) is 27.0 Å². The second-order valence-corrected chi connectivity index (χ2v) is 5.67. The third-order valence-electron chi connectivity index (χ3n) is 2.52. The number of halogens is 1. The highest BCUT2D eigenvalue weighted by atomic mass is 79.9. The molecular weight excluding hydrogens is 276 g/mol. The molecule has 1 rings (SSSR count). The highest BCUT2D eigenvalue weighted by Crippen LogP contribution is 2.31. The Morgan fingerprint density at radius 1 is 1.47 bits per heavy atom. The van der Waals surface area contributed by atoms with Crippen LogP contribution in [-0.4, -0.2) is 12.1 Å². The van der Waals surface area contributed by atoms with Crippen molar-refractivity contribution >= 4 is 21.6 Å². The molecule has 0 fully saturated rings. The standard InChI is InChI=1S/C14H17BrN2/c1-5-9-17(14(2,3)4)13-8-6-7-12(15)11(13)10-16/h5-8H,1,9H2,2-4H3. The lowest BCUT2D eigenvalue weighted by Crippen LogP contribution is -2.42. The normalized spacial score (nSPS) is 10.8. The third kappa shape index (κ3) is 3.10. The molecule has 0 unspecified atom stereocenters. The second kappa shape index (κ2) is 5.37. The zero-order chi connectivity index (χ0) is 13.1. The van der Waals surface area contributed by atoms with Gasteiger partial charge in [0.1, 0.15) is 6.07 Å². The van der Waals surface area contributed by atoms with Crippen LogP contribution in [0.25, 0.3) is 0 Å². The number of benzene rings is 1. The Labute approximate surface area is 112 Å². The molecule has 0 aliphatic rings. The van der Waals surface area contributed by atoms with E-state index in [0.717, 1.165) is 10.2 Å². The van der Waals surface area contributed by atoms with Gasteiger partial charge < -0.3 is 4.90 Å². The van der Waals surface area contributed by atoms with E-state index < -0.39 is 0 Å². The molecule has 0 atom stereocenters. The molecule has 0 radical (unpaired) electrons. The minimum absolute atomic E-state index is 0.0550. The lowest BCUT2D eigenvalue weighted by Gasteiger charge is -2.37. The number of nitrogens with zero attached hydrogens (tertiary/aromatic N) is 2. The lowest BCUT2D eigenvalue weighted by molar-refractivity contribution is 0.522. The fourth-order valence-corrected chi connectivity index (χ4v) is 2.16. The van der Waals surface area contributed by atoms with E-state index in [0.29, 0.717) is 12.1 Å². The van der Waals surface area contributed by atoms with Crippen molar-refractivity contribution in [1.82, 2.24) is 0 Å². The first-order valence-electron chi connectivity index (χ1n) is 5.49. The Balaban J connectivity index is 3.34. The molecule has 0 bridgehead atoms. The van der Waals surface area contributed by atoms with Gasteiger partial charge in [0, 0.05) is 16.6 Å². The van der Waals surface area contributed by atoms with Crippen LogP contribution in [0.5, 0.6) is 0 Å². The molecule has 3 heteroatoms. The van der Waals surface area contributed by atoms with Crippen molar-refractivity contribution in [2.45, 2.75) is 26.3 Å². The van der Waals surface area contributed by atoms with Crippen LogP contribution in [-0.2, 0) is 0 Å². The molecule has 0 aliphatic carbocycles. The van der Waals surface area contributed by atoms with Gasteiger partial charge in [-0.3, -0.25) is 0 Å². The predicted molar refractivity (Wildman–Crippen MR) is 76.2 cm³/mol. The van der Waals surface area contributed by atoms with E-state index in [2.05, 4.69) is 54.2 Å². The van der Waals surface area contributed by atoms with Gasteiger partial charge in [-0.25, -0.2) is 0 Å². The number of hydrogen-bond donors (Lipinski definition) is 0. The van der Waals surface area contributed by atoms with Crippen LogP contribution in [0.3, 0.4) is 0 Å². The lowest BCUT2D eigenvalue weighted by atomic mass is 10.0. The van der Waals surface area contributed by atoms with Gasteiger partial charge in [-0.05, 0) is 48.8 Å². The first-order chi connectivity index (χ1) is 7.91. The molecule has 0 saturated carbocycles. The number of anilines is 1. The van der Waals surface area contributed by atoms with Crippen molar-refractivity contribution in [2.24, 2.45) is 0 Å². The highest BCUT2D eigenvalue weighted by Gasteiger charge is 2.23. The van der Waals surface area contributed by atoms with E-state index in [9.17, 15) is 5.26 Å². The molecule has 1 aromatic rings. The Morgan fingerprint density at radius 2 is 2.12 bits per heavy atom. The van der Waals surface area contributed by atoms with E-state index in [4.69, 9.17) is 0 Å².